The summed E-state index contributed by atoms with van der Waals surface area (Å²) in [5.41, 5.74) is 1.82. The van der Waals surface area contributed by atoms with Crippen molar-refractivity contribution in [1.29, 1.82) is 0 Å². The second-order valence-corrected chi connectivity index (χ2v) is 5.21. The van der Waals surface area contributed by atoms with Gasteiger partial charge in [-0.15, -0.1) is 5.10 Å². The first kappa shape index (κ1) is 13.5. The van der Waals surface area contributed by atoms with Crippen LogP contribution >= 0.6 is 0 Å². The lowest BCUT2D eigenvalue weighted by molar-refractivity contribution is 0.0697. The third kappa shape index (κ3) is 3.30. The minimum absolute atomic E-state index is 0.276. The van der Waals surface area contributed by atoms with Gasteiger partial charge in [-0.05, 0) is 30.5 Å². The second-order valence-electron chi connectivity index (χ2n) is 5.21. The van der Waals surface area contributed by atoms with Crippen LogP contribution < -0.4 is 0 Å². The van der Waals surface area contributed by atoms with Crippen molar-refractivity contribution < 1.29 is 9.90 Å². The Hall–Kier alpha value is -1.91. The van der Waals surface area contributed by atoms with Gasteiger partial charge in [0.15, 0.2) is 0 Å². The second kappa shape index (κ2) is 5.82. The first-order chi connectivity index (χ1) is 9.08. The van der Waals surface area contributed by atoms with Crippen molar-refractivity contribution in [2.24, 2.45) is 5.92 Å². The van der Waals surface area contributed by atoms with Crippen molar-refractivity contribution in [3.05, 3.63) is 23.8 Å². The topological polar surface area (TPSA) is 68.0 Å². The van der Waals surface area contributed by atoms with Crippen LogP contribution in [0.1, 0.15) is 43.5 Å². The molecule has 0 bridgehead atoms. The normalized spacial score (nSPS) is 11.3. The quantitative estimate of drug-likeness (QED) is 0.812. The lowest BCUT2D eigenvalue weighted by Gasteiger charge is -2.05. The summed E-state index contributed by atoms with van der Waals surface area (Å²) in [6.45, 7) is 5.21. The van der Waals surface area contributed by atoms with E-state index in [9.17, 15) is 4.79 Å². The molecule has 0 fully saturated rings. The summed E-state index contributed by atoms with van der Waals surface area (Å²) in [4.78, 5) is 11.0. The lowest BCUT2D eigenvalue weighted by atomic mass is 10.1. The summed E-state index contributed by atoms with van der Waals surface area (Å²) in [5.74, 6) is -0.208. The number of carboxylic acids is 1. The molecule has 0 atom stereocenters. The molecule has 0 saturated carbocycles. The number of benzene rings is 1. The number of hydrogen-bond acceptors (Lipinski definition) is 3. The highest BCUT2D eigenvalue weighted by Gasteiger charge is 2.09. The molecule has 5 nitrogen and oxygen atoms in total. The predicted molar refractivity (Wildman–Crippen MR) is 73.2 cm³/mol. The van der Waals surface area contributed by atoms with Crippen molar-refractivity contribution in [1.82, 2.24) is 15.0 Å². The van der Waals surface area contributed by atoms with Crippen LogP contribution in [-0.2, 0) is 6.54 Å². The molecule has 0 aliphatic rings. The highest BCUT2D eigenvalue weighted by atomic mass is 16.4. The zero-order valence-corrected chi connectivity index (χ0v) is 11.3. The molecule has 0 aliphatic carbocycles. The van der Waals surface area contributed by atoms with Gasteiger partial charge in [0.05, 0.1) is 11.1 Å². The molecule has 1 aromatic carbocycles. The Morgan fingerprint density at radius 1 is 1.37 bits per heavy atom. The third-order valence-corrected chi connectivity index (χ3v) is 3.16. The number of aromatic carboxylic acids is 1. The van der Waals surface area contributed by atoms with Gasteiger partial charge in [0.25, 0.3) is 0 Å². The molecular weight excluding hydrogens is 242 g/mol. The lowest BCUT2D eigenvalue weighted by Crippen LogP contribution is -2.02. The van der Waals surface area contributed by atoms with Crippen LogP contribution in [0, 0.1) is 5.92 Å². The molecule has 5 heteroatoms. The van der Waals surface area contributed by atoms with Crippen LogP contribution in [0.25, 0.3) is 11.0 Å². The van der Waals surface area contributed by atoms with Gasteiger partial charge in [-0.3, -0.25) is 0 Å². The van der Waals surface area contributed by atoms with Crippen LogP contribution in [-0.4, -0.2) is 26.1 Å². The maximum atomic E-state index is 11.0. The van der Waals surface area contributed by atoms with E-state index in [0.29, 0.717) is 5.92 Å². The van der Waals surface area contributed by atoms with E-state index >= 15 is 0 Å². The van der Waals surface area contributed by atoms with Gasteiger partial charge in [0.1, 0.15) is 5.52 Å². The Morgan fingerprint density at radius 2 is 2.16 bits per heavy atom. The summed E-state index contributed by atoms with van der Waals surface area (Å²) < 4.78 is 1.79. The van der Waals surface area contributed by atoms with E-state index in [1.54, 1.807) is 22.9 Å². The molecule has 0 spiro atoms. The Labute approximate surface area is 112 Å². The van der Waals surface area contributed by atoms with Crippen molar-refractivity contribution in [3.63, 3.8) is 0 Å². The maximum absolute atomic E-state index is 11.0. The molecule has 0 aliphatic heterocycles. The summed E-state index contributed by atoms with van der Waals surface area (Å²) in [6.07, 6.45) is 3.39. The number of nitrogens with zero attached hydrogens (tertiary/aromatic N) is 3. The van der Waals surface area contributed by atoms with Crippen LogP contribution in [0.5, 0.6) is 0 Å². The largest absolute Gasteiger partial charge is 0.478 e. The van der Waals surface area contributed by atoms with E-state index in [1.807, 2.05) is 0 Å². The van der Waals surface area contributed by atoms with Gasteiger partial charge in [-0.1, -0.05) is 31.9 Å². The Bertz CT molecular complexity index is 575. The SMILES string of the molecule is CC(C)CCCCn1nnc2ccc(C(=O)O)cc21. The van der Waals surface area contributed by atoms with Gasteiger partial charge in [-0.25, -0.2) is 9.48 Å². The number of rotatable bonds is 6. The smallest absolute Gasteiger partial charge is 0.335 e. The average Bonchev–Trinajstić information content (AvgIpc) is 2.76. The van der Waals surface area contributed by atoms with Gasteiger partial charge < -0.3 is 5.11 Å². The van der Waals surface area contributed by atoms with Crippen LogP contribution in [0.2, 0.25) is 0 Å². The molecule has 1 aromatic heterocycles. The number of unbranched alkanes of at least 4 members (excludes halogenated alkanes) is 1. The first-order valence-corrected chi connectivity index (χ1v) is 6.64. The molecule has 0 radical (unpaired) electrons. The molecule has 102 valence electrons. The van der Waals surface area contributed by atoms with E-state index in [-0.39, 0.29) is 5.56 Å². The molecule has 0 amide bonds. The minimum Gasteiger partial charge on any atom is -0.478 e. The monoisotopic (exact) mass is 261 g/mol. The highest BCUT2D eigenvalue weighted by molar-refractivity contribution is 5.92. The average molecular weight is 261 g/mol. The van der Waals surface area contributed by atoms with Gasteiger partial charge in [-0.2, -0.15) is 0 Å². The summed E-state index contributed by atoms with van der Waals surface area (Å²) in [5, 5.41) is 17.1. The maximum Gasteiger partial charge on any atom is 0.335 e. The zero-order valence-electron chi connectivity index (χ0n) is 11.3. The summed E-state index contributed by atoms with van der Waals surface area (Å²) in [6, 6.07) is 4.90. The standard InChI is InChI=1S/C14H19N3O2/c1-10(2)5-3-4-8-17-13-9-11(14(18)19)6-7-12(13)15-16-17/h6-7,9-10H,3-5,8H2,1-2H3,(H,18,19). The molecule has 0 saturated heterocycles. The van der Waals surface area contributed by atoms with Crippen molar-refractivity contribution in [3.8, 4) is 0 Å². The number of fused-ring (bicyclic) bond motifs is 1. The van der Waals surface area contributed by atoms with E-state index in [4.69, 9.17) is 5.11 Å². The summed E-state index contributed by atoms with van der Waals surface area (Å²) >= 11 is 0. The van der Waals surface area contributed by atoms with E-state index < -0.39 is 5.97 Å². The van der Waals surface area contributed by atoms with Crippen molar-refractivity contribution in [2.45, 2.75) is 39.7 Å². The number of aromatic nitrogens is 3. The predicted octanol–water partition coefficient (Wildman–Crippen LogP) is 2.96. The van der Waals surface area contributed by atoms with Crippen LogP contribution in [0.15, 0.2) is 18.2 Å². The molecule has 2 aromatic rings. The van der Waals surface area contributed by atoms with Crippen LogP contribution in [0.3, 0.4) is 0 Å². The van der Waals surface area contributed by atoms with E-state index in [0.717, 1.165) is 30.4 Å². The molecule has 19 heavy (non-hydrogen) atoms. The number of aryl methyl sites for hydroxylation is 1. The fraction of sp³-hybridized carbons (Fsp3) is 0.500. The Morgan fingerprint density at radius 3 is 2.84 bits per heavy atom. The van der Waals surface area contributed by atoms with Gasteiger partial charge in [0.2, 0.25) is 0 Å². The Balaban J connectivity index is 2.10. The molecule has 2 rings (SSSR count). The minimum atomic E-state index is -0.922. The van der Waals surface area contributed by atoms with E-state index in [1.165, 1.54) is 6.42 Å². The molecular formula is C14H19N3O2. The number of carbonyl (C=O) groups is 1. The third-order valence-electron chi connectivity index (χ3n) is 3.16. The summed E-state index contributed by atoms with van der Waals surface area (Å²) in [7, 11) is 0. The van der Waals surface area contributed by atoms with Crippen molar-refractivity contribution in [2.75, 3.05) is 0 Å². The number of carboxylic acid groups (broad SMARTS) is 1. The molecule has 1 heterocycles. The van der Waals surface area contributed by atoms with Gasteiger partial charge >= 0.3 is 5.97 Å². The van der Waals surface area contributed by atoms with Crippen molar-refractivity contribution >= 4 is 17.0 Å². The molecule has 1 N–H and O–H groups in total. The zero-order chi connectivity index (χ0) is 13.8. The highest BCUT2D eigenvalue weighted by Crippen LogP contribution is 2.15. The molecule has 0 unspecified atom stereocenters. The Kier molecular flexibility index (Phi) is 4.14. The number of hydrogen-bond donors (Lipinski definition) is 1. The van der Waals surface area contributed by atoms with Gasteiger partial charge in [0, 0.05) is 6.54 Å². The van der Waals surface area contributed by atoms with Crippen LogP contribution in [0.4, 0.5) is 0 Å². The first-order valence-electron chi connectivity index (χ1n) is 6.64. The fourth-order valence-electron chi connectivity index (χ4n) is 2.08. The fourth-order valence-corrected chi connectivity index (χ4v) is 2.08. The van der Waals surface area contributed by atoms with E-state index in [2.05, 4.69) is 24.2 Å².